The molecule has 0 saturated heterocycles. The molecule has 1 aromatic carbocycles. The molecular weight excluding hydrogens is 275 g/mol. The number of amides is 1. The third kappa shape index (κ3) is 5.58. The maximum absolute atomic E-state index is 11.5. The Kier molecular flexibility index (Phi) is 5.26. The molecule has 100 valence electrons. The predicted molar refractivity (Wildman–Crippen MR) is 73.2 cm³/mol. The number of nitrogens with two attached hydrogens (primary N) is 1. The Morgan fingerprint density at radius 3 is 2.67 bits per heavy atom. The molecule has 1 amide bonds. The second-order valence-electron chi connectivity index (χ2n) is 4.63. The summed E-state index contributed by atoms with van der Waals surface area (Å²) in [6.45, 7) is 3.91. The Morgan fingerprint density at radius 2 is 2.11 bits per heavy atom. The van der Waals surface area contributed by atoms with Crippen LogP contribution in [0.2, 0.25) is 10.0 Å². The van der Waals surface area contributed by atoms with Crippen molar-refractivity contribution in [2.24, 2.45) is 5.73 Å². The molecular formula is C12H16Cl2N2O2. The van der Waals surface area contributed by atoms with Gasteiger partial charge in [0.15, 0.2) is 6.61 Å². The van der Waals surface area contributed by atoms with E-state index in [0.29, 0.717) is 22.3 Å². The van der Waals surface area contributed by atoms with E-state index in [2.05, 4.69) is 5.32 Å². The zero-order valence-corrected chi connectivity index (χ0v) is 11.8. The van der Waals surface area contributed by atoms with Gasteiger partial charge in [-0.25, -0.2) is 0 Å². The van der Waals surface area contributed by atoms with Crippen molar-refractivity contribution >= 4 is 29.1 Å². The Morgan fingerprint density at radius 1 is 1.44 bits per heavy atom. The van der Waals surface area contributed by atoms with E-state index in [9.17, 15) is 4.79 Å². The summed E-state index contributed by atoms with van der Waals surface area (Å²) in [7, 11) is 0. The molecule has 18 heavy (non-hydrogen) atoms. The fourth-order valence-corrected chi connectivity index (χ4v) is 1.58. The number of ether oxygens (including phenoxy) is 1. The van der Waals surface area contributed by atoms with Crippen LogP contribution in [0, 0.1) is 0 Å². The quantitative estimate of drug-likeness (QED) is 0.874. The van der Waals surface area contributed by atoms with Crippen molar-refractivity contribution in [2.45, 2.75) is 19.4 Å². The van der Waals surface area contributed by atoms with Crippen molar-refractivity contribution in [1.29, 1.82) is 0 Å². The van der Waals surface area contributed by atoms with Crippen molar-refractivity contribution < 1.29 is 9.53 Å². The van der Waals surface area contributed by atoms with Gasteiger partial charge in [-0.2, -0.15) is 0 Å². The molecule has 0 saturated carbocycles. The summed E-state index contributed by atoms with van der Waals surface area (Å²) in [6, 6.07) is 4.81. The highest BCUT2D eigenvalue weighted by Crippen LogP contribution is 2.27. The fraction of sp³-hybridized carbons (Fsp3) is 0.417. The van der Waals surface area contributed by atoms with E-state index in [1.807, 2.05) is 13.8 Å². The molecule has 1 rings (SSSR count). The number of carbonyl (C=O) groups is 1. The lowest BCUT2D eigenvalue weighted by Crippen LogP contribution is -2.46. The van der Waals surface area contributed by atoms with Gasteiger partial charge in [0.2, 0.25) is 0 Å². The van der Waals surface area contributed by atoms with Gasteiger partial charge in [-0.3, -0.25) is 4.79 Å². The third-order valence-electron chi connectivity index (χ3n) is 1.99. The summed E-state index contributed by atoms with van der Waals surface area (Å²) in [6.07, 6.45) is 0. The van der Waals surface area contributed by atoms with Crippen LogP contribution in [0.25, 0.3) is 0 Å². The normalized spacial score (nSPS) is 11.2. The zero-order valence-electron chi connectivity index (χ0n) is 10.3. The van der Waals surface area contributed by atoms with E-state index in [-0.39, 0.29) is 12.5 Å². The molecule has 1 aromatic rings. The first kappa shape index (κ1) is 15.1. The predicted octanol–water partition coefficient (Wildman–Crippen LogP) is 2.23. The van der Waals surface area contributed by atoms with Crippen LogP contribution in [0.4, 0.5) is 0 Å². The second kappa shape index (κ2) is 6.27. The van der Waals surface area contributed by atoms with Crippen LogP contribution in [0.1, 0.15) is 13.8 Å². The molecule has 3 N–H and O–H groups in total. The van der Waals surface area contributed by atoms with E-state index in [1.54, 1.807) is 18.2 Å². The van der Waals surface area contributed by atoms with Gasteiger partial charge in [-0.15, -0.1) is 0 Å². The van der Waals surface area contributed by atoms with Crippen molar-refractivity contribution in [3.05, 3.63) is 28.2 Å². The number of hydrogen-bond acceptors (Lipinski definition) is 3. The van der Waals surface area contributed by atoms with Crippen LogP contribution in [-0.4, -0.2) is 24.6 Å². The monoisotopic (exact) mass is 290 g/mol. The number of carbonyl (C=O) groups excluding carboxylic acids is 1. The van der Waals surface area contributed by atoms with Crippen molar-refractivity contribution in [2.75, 3.05) is 13.2 Å². The molecule has 0 atom stereocenters. The molecule has 0 aliphatic rings. The summed E-state index contributed by atoms with van der Waals surface area (Å²) >= 11 is 11.6. The zero-order chi connectivity index (χ0) is 13.8. The van der Waals surface area contributed by atoms with Gasteiger partial charge < -0.3 is 15.8 Å². The Hall–Kier alpha value is -0.970. The minimum atomic E-state index is -0.451. The number of nitrogens with one attached hydrogen (secondary N) is 1. The summed E-state index contributed by atoms with van der Waals surface area (Å²) in [4.78, 5) is 11.5. The van der Waals surface area contributed by atoms with Crippen LogP contribution in [0.3, 0.4) is 0 Å². The van der Waals surface area contributed by atoms with Crippen LogP contribution < -0.4 is 15.8 Å². The molecule has 0 heterocycles. The maximum Gasteiger partial charge on any atom is 0.258 e. The number of rotatable bonds is 5. The molecule has 0 spiro atoms. The molecule has 6 heteroatoms. The minimum Gasteiger partial charge on any atom is -0.482 e. The van der Waals surface area contributed by atoms with Gasteiger partial charge >= 0.3 is 0 Å². The highest BCUT2D eigenvalue weighted by atomic mass is 35.5. The standard InChI is InChI=1S/C12H16Cl2N2O2/c1-12(2,15)7-16-11(17)6-18-10-4-3-8(13)5-9(10)14/h3-5H,6-7,15H2,1-2H3,(H,16,17). The van der Waals surface area contributed by atoms with Crippen molar-refractivity contribution in [3.63, 3.8) is 0 Å². The van der Waals surface area contributed by atoms with Crippen LogP contribution in [-0.2, 0) is 4.79 Å². The van der Waals surface area contributed by atoms with Crippen LogP contribution in [0.15, 0.2) is 18.2 Å². The molecule has 0 aromatic heterocycles. The average molecular weight is 291 g/mol. The van der Waals surface area contributed by atoms with E-state index in [1.165, 1.54) is 0 Å². The largest absolute Gasteiger partial charge is 0.482 e. The van der Waals surface area contributed by atoms with Gasteiger partial charge in [0.1, 0.15) is 5.75 Å². The highest BCUT2D eigenvalue weighted by Gasteiger charge is 2.12. The van der Waals surface area contributed by atoms with Gasteiger partial charge in [-0.1, -0.05) is 23.2 Å². The van der Waals surface area contributed by atoms with Crippen LogP contribution in [0.5, 0.6) is 5.75 Å². The summed E-state index contributed by atoms with van der Waals surface area (Å²) in [5.41, 5.74) is 5.29. The lowest BCUT2D eigenvalue weighted by molar-refractivity contribution is -0.123. The van der Waals surface area contributed by atoms with E-state index >= 15 is 0 Å². The Bertz CT molecular complexity index is 431. The van der Waals surface area contributed by atoms with Gasteiger partial charge in [0, 0.05) is 17.1 Å². The van der Waals surface area contributed by atoms with Crippen LogP contribution >= 0.6 is 23.2 Å². The van der Waals surface area contributed by atoms with Crippen molar-refractivity contribution in [1.82, 2.24) is 5.32 Å². The molecule has 4 nitrogen and oxygen atoms in total. The molecule has 0 bridgehead atoms. The van der Waals surface area contributed by atoms with Gasteiger partial charge in [0.25, 0.3) is 5.91 Å². The number of halogens is 2. The van der Waals surface area contributed by atoms with Gasteiger partial charge in [0.05, 0.1) is 5.02 Å². The van der Waals surface area contributed by atoms with Gasteiger partial charge in [-0.05, 0) is 32.0 Å². The first-order valence-electron chi connectivity index (χ1n) is 5.41. The molecule has 0 aliphatic carbocycles. The average Bonchev–Trinajstić information content (AvgIpc) is 2.24. The first-order valence-corrected chi connectivity index (χ1v) is 6.17. The lowest BCUT2D eigenvalue weighted by Gasteiger charge is -2.19. The van der Waals surface area contributed by atoms with Crippen molar-refractivity contribution in [3.8, 4) is 5.75 Å². The van der Waals surface area contributed by atoms with E-state index in [0.717, 1.165) is 0 Å². The Labute approximate surface area is 116 Å². The second-order valence-corrected chi connectivity index (χ2v) is 5.47. The lowest BCUT2D eigenvalue weighted by atomic mass is 10.1. The maximum atomic E-state index is 11.5. The first-order chi connectivity index (χ1) is 8.28. The fourth-order valence-electron chi connectivity index (χ4n) is 1.11. The smallest absolute Gasteiger partial charge is 0.258 e. The summed E-state index contributed by atoms with van der Waals surface area (Å²) in [5.74, 6) is 0.169. The highest BCUT2D eigenvalue weighted by molar-refractivity contribution is 6.35. The molecule has 0 unspecified atom stereocenters. The minimum absolute atomic E-state index is 0.114. The molecule has 0 aliphatic heterocycles. The van der Waals surface area contributed by atoms with E-state index in [4.69, 9.17) is 33.7 Å². The van der Waals surface area contributed by atoms with E-state index < -0.39 is 5.54 Å². The number of hydrogen-bond donors (Lipinski definition) is 2. The summed E-state index contributed by atoms with van der Waals surface area (Å²) in [5, 5.41) is 3.55. The molecule has 0 radical (unpaired) electrons. The number of benzene rings is 1. The third-order valence-corrected chi connectivity index (χ3v) is 2.52. The summed E-state index contributed by atoms with van der Waals surface area (Å²) < 4.78 is 5.28. The molecule has 0 fully saturated rings. The topological polar surface area (TPSA) is 64.3 Å². The Balaban J connectivity index is 2.43. The SMILES string of the molecule is CC(C)(N)CNC(=O)COc1ccc(Cl)cc1Cl.